The van der Waals surface area contributed by atoms with E-state index in [-0.39, 0.29) is 29.6 Å². The molecule has 3 aliphatic rings. The zero-order valence-electron chi connectivity index (χ0n) is 33.3. The lowest BCUT2D eigenvalue weighted by Gasteiger charge is -2.38. The largest absolute Gasteiger partial charge is 0.491 e. The number of piperazine rings is 1. The van der Waals surface area contributed by atoms with Crippen LogP contribution in [0.2, 0.25) is 10.0 Å². The zero-order valence-corrected chi connectivity index (χ0v) is 35.6. The fourth-order valence-corrected chi connectivity index (χ4v) is 8.49. The van der Waals surface area contributed by atoms with Crippen LogP contribution in [0.3, 0.4) is 0 Å². The Kier molecular flexibility index (Phi) is 13.8. The van der Waals surface area contributed by atoms with Crippen molar-refractivity contribution in [3.05, 3.63) is 107 Å². The first-order valence-electron chi connectivity index (χ1n) is 19.1. The summed E-state index contributed by atoms with van der Waals surface area (Å²) in [6, 6.07) is 23.1. The summed E-state index contributed by atoms with van der Waals surface area (Å²) in [4.78, 5) is 40.9. The zero-order chi connectivity index (χ0) is 40.7. The third kappa shape index (κ3) is 10.8. The molecule has 0 unspecified atom stereocenters. The maximum atomic E-state index is 12.8. The number of para-hydroxylation sites is 1. The number of imidazole rings is 1. The molecule has 0 spiro atoms. The second kappa shape index (κ2) is 18.5. The molecule has 12 nitrogen and oxygen atoms in total. The Morgan fingerprint density at radius 3 is 2.35 bits per heavy atom. The topological polar surface area (TPSA) is 105 Å². The fourth-order valence-electron chi connectivity index (χ4n) is 6.66. The van der Waals surface area contributed by atoms with Gasteiger partial charge in [-0.3, -0.25) is 19.6 Å². The maximum Gasteiger partial charge on any atom is 0.331 e. The summed E-state index contributed by atoms with van der Waals surface area (Å²) in [5, 5.41) is 1.84. The number of carbonyl (C=O) groups excluding carboxylic acids is 2. The van der Waals surface area contributed by atoms with Gasteiger partial charge in [0.25, 0.3) is 0 Å². The minimum absolute atomic E-state index is 0.00190. The van der Waals surface area contributed by atoms with E-state index in [9.17, 15) is 9.59 Å². The predicted molar refractivity (Wildman–Crippen MR) is 229 cm³/mol. The number of thioether (sulfide) groups is 1. The van der Waals surface area contributed by atoms with Gasteiger partial charge in [0, 0.05) is 73.5 Å². The number of benzene rings is 3. The molecular weight excluding hydrogens is 785 g/mol. The van der Waals surface area contributed by atoms with Crippen LogP contribution in [0.25, 0.3) is 0 Å². The van der Waals surface area contributed by atoms with Crippen LogP contribution >= 0.6 is 35.0 Å². The Morgan fingerprint density at radius 2 is 1.74 bits per heavy atom. The number of anilines is 2. The number of nitrogens with zero attached hydrogens (tertiary/aromatic N) is 7. The van der Waals surface area contributed by atoms with Crippen molar-refractivity contribution in [2.24, 2.45) is 4.99 Å². The highest BCUT2D eigenvalue weighted by atomic mass is 35.5. The SMILES string of the molecule is CC(=O)N1CCN(c2ccc(OC[C@H]3CO[C@](Cn4ccnc4)(c4ccc(Cl)cc4Cl)O3)cc2)CC1.CC(C)N1C(=O)N(c2ccccc2)CS/C1=N\C(C)(C)C. The number of hydrogen-bond acceptors (Lipinski definition) is 9. The van der Waals surface area contributed by atoms with Crippen molar-refractivity contribution in [3.63, 3.8) is 0 Å². The van der Waals surface area contributed by atoms with Gasteiger partial charge in [-0.25, -0.2) is 9.78 Å². The minimum Gasteiger partial charge on any atom is -0.491 e. The molecule has 0 N–H and O–H groups in total. The molecule has 0 bridgehead atoms. The van der Waals surface area contributed by atoms with Gasteiger partial charge in [0.2, 0.25) is 11.7 Å². The van der Waals surface area contributed by atoms with E-state index in [1.54, 1.807) is 53.1 Å². The Balaban J connectivity index is 0.000000223. The first kappa shape index (κ1) is 42.3. The number of urea groups is 1. The molecule has 0 saturated carbocycles. The van der Waals surface area contributed by atoms with E-state index >= 15 is 0 Å². The highest BCUT2D eigenvalue weighted by molar-refractivity contribution is 8.14. The van der Waals surface area contributed by atoms with Gasteiger partial charge in [-0.1, -0.05) is 59.2 Å². The molecule has 15 heteroatoms. The number of ether oxygens (including phenoxy) is 3. The van der Waals surface area contributed by atoms with Crippen LogP contribution in [0.4, 0.5) is 16.2 Å². The second-order valence-electron chi connectivity index (χ2n) is 15.3. The molecule has 1 aromatic heterocycles. The van der Waals surface area contributed by atoms with Gasteiger partial charge >= 0.3 is 6.03 Å². The molecule has 0 aliphatic carbocycles. The van der Waals surface area contributed by atoms with Gasteiger partial charge < -0.3 is 28.6 Å². The molecule has 4 aromatic rings. The average molecular weight is 837 g/mol. The van der Waals surface area contributed by atoms with Crippen LogP contribution in [-0.4, -0.2) is 99.4 Å². The van der Waals surface area contributed by atoms with Crippen LogP contribution in [0.1, 0.15) is 47.1 Å². The molecule has 0 radical (unpaired) electrons. The number of rotatable bonds is 9. The fraction of sp³-hybridized carbons (Fsp3) is 0.429. The molecule has 304 valence electrons. The van der Waals surface area contributed by atoms with Gasteiger partial charge in [0.1, 0.15) is 18.5 Å². The lowest BCUT2D eigenvalue weighted by atomic mass is 10.1. The summed E-state index contributed by atoms with van der Waals surface area (Å²) in [7, 11) is 0. The quantitative estimate of drug-likeness (QED) is 0.166. The summed E-state index contributed by atoms with van der Waals surface area (Å²) in [5.41, 5.74) is 2.56. The number of amides is 3. The van der Waals surface area contributed by atoms with E-state index < -0.39 is 5.79 Å². The standard InChI is InChI=1S/C26H28Cl2N4O4.C16H23N3OS/c1-19(33)31-10-12-32(13-11-31)21-3-5-22(6-4-21)34-15-23-16-35-26(36-23,17-30-9-8-29-18-30)24-7-2-20(27)14-25(24)28;1-12(2)19-14(17-16(3,4)5)21-11-18(15(19)20)13-9-7-6-8-10-13/h2-9,14,18,23H,10-13,15-17H2,1H3;6-10,12H,11H2,1-5H3/b;17-14-/t23-,26-;/m0./s1. The van der Waals surface area contributed by atoms with Gasteiger partial charge in [-0.05, 0) is 83.1 Å². The summed E-state index contributed by atoms with van der Waals surface area (Å²) >= 11 is 14.3. The molecule has 3 amide bonds. The number of amidine groups is 1. The molecule has 2 atom stereocenters. The monoisotopic (exact) mass is 835 g/mol. The van der Waals surface area contributed by atoms with Crippen LogP contribution < -0.4 is 14.5 Å². The highest BCUT2D eigenvalue weighted by Crippen LogP contribution is 2.41. The molecule has 7 rings (SSSR count). The normalized spacial score (nSPS) is 20.9. The molecule has 3 saturated heterocycles. The van der Waals surface area contributed by atoms with Crippen molar-refractivity contribution < 1.29 is 23.8 Å². The second-order valence-corrected chi connectivity index (χ2v) is 17.1. The van der Waals surface area contributed by atoms with Crippen molar-refractivity contribution >= 4 is 63.4 Å². The van der Waals surface area contributed by atoms with Crippen LogP contribution in [-0.2, 0) is 26.6 Å². The van der Waals surface area contributed by atoms with E-state index in [4.69, 9.17) is 42.4 Å². The Morgan fingerprint density at radius 1 is 1.02 bits per heavy atom. The van der Waals surface area contributed by atoms with E-state index in [0.29, 0.717) is 41.2 Å². The van der Waals surface area contributed by atoms with E-state index in [1.807, 2.05) is 111 Å². The van der Waals surface area contributed by atoms with Crippen molar-refractivity contribution in [2.75, 3.05) is 55.1 Å². The lowest BCUT2D eigenvalue weighted by molar-refractivity contribution is -0.189. The number of carbonyl (C=O) groups is 2. The van der Waals surface area contributed by atoms with Crippen LogP contribution in [0.5, 0.6) is 5.75 Å². The van der Waals surface area contributed by atoms with Crippen molar-refractivity contribution in [1.82, 2.24) is 19.4 Å². The molecule has 3 fully saturated rings. The van der Waals surface area contributed by atoms with Crippen molar-refractivity contribution in [3.8, 4) is 5.75 Å². The first-order valence-corrected chi connectivity index (χ1v) is 20.8. The smallest absolute Gasteiger partial charge is 0.331 e. The molecule has 3 aliphatic heterocycles. The van der Waals surface area contributed by atoms with E-state index in [0.717, 1.165) is 48.5 Å². The van der Waals surface area contributed by atoms with Gasteiger partial charge in [0.05, 0.1) is 35.9 Å². The minimum atomic E-state index is -1.08. The summed E-state index contributed by atoms with van der Waals surface area (Å²) in [5.74, 6) is 0.397. The number of aromatic nitrogens is 2. The van der Waals surface area contributed by atoms with Crippen LogP contribution in [0.15, 0.2) is 96.5 Å². The van der Waals surface area contributed by atoms with Gasteiger partial charge in [-0.15, -0.1) is 0 Å². The molecule has 57 heavy (non-hydrogen) atoms. The summed E-state index contributed by atoms with van der Waals surface area (Å²) in [6.07, 6.45) is 4.98. The first-order chi connectivity index (χ1) is 27.2. The Hall–Kier alpha value is -4.27. The van der Waals surface area contributed by atoms with E-state index in [2.05, 4.69) is 9.88 Å². The van der Waals surface area contributed by atoms with Gasteiger partial charge in [0.15, 0.2) is 5.17 Å². The van der Waals surface area contributed by atoms with E-state index in [1.165, 1.54) is 0 Å². The maximum absolute atomic E-state index is 12.8. The van der Waals surface area contributed by atoms with Crippen molar-refractivity contribution in [1.29, 1.82) is 0 Å². The number of halogens is 2. The Labute approximate surface area is 349 Å². The number of hydrogen-bond donors (Lipinski definition) is 0. The van der Waals surface area contributed by atoms with Gasteiger partial charge in [-0.2, -0.15) is 0 Å². The highest BCUT2D eigenvalue weighted by Gasteiger charge is 2.45. The lowest BCUT2D eigenvalue weighted by Crippen LogP contribution is -2.53. The predicted octanol–water partition coefficient (Wildman–Crippen LogP) is 8.39. The molecule has 4 heterocycles. The number of aliphatic imine (C=N–C) groups is 1. The van der Waals surface area contributed by atoms with Crippen molar-refractivity contribution in [2.45, 2.75) is 71.6 Å². The summed E-state index contributed by atoms with van der Waals surface area (Å²) in [6.45, 7) is 16.0. The third-order valence-electron chi connectivity index (χ3n) is 9.49. The third-order valence-corrected chi connectivity index (χ3v) is 11.0. The molecule has 3 aromatic carbocycles. The average Bonchev–Trinajstić information content (AvgIpc) is 3.84. The molecular formula is C42H51Cl2N7O5S. The van der Waals surface area contributed by atoms with Crippen LogP contribution in [0, 0.1) is 0 Å². The Bertz CT molecular complexity index is 1990. The summed E-state index contributed by atoms with van der Waals surface area (Å²) < 4.78 is 20.6.